The van der Waals surface area contributed by atoms with Gasteiger partial charge in [-0.15, -0.1) is 0 Å². The SMILES string of the molecule is OCc1cnc(-c2cccnc2)nc1C(F)(F)F. The normalized spacial score (nSPS) is 11.6. The van der Waals surface area contributed by atoms with Crippen molar-refractivity contribution in [1.82, 2.24) is 15.0 Å². The Hall–Kier alpha value is -2.02. The Morgan fingerprint density at radius 1 is 1.22 bits per heavy atom. The van der Waals surface area contributed by atoms with E-state index in [1.54, 1.807) is 12.1 Å². The van der Waals surface area contributed by atoms with Crippen LogP contribution in [0.4, 0.5) is 13.2 Å². The lowest BCUT2D eigenvalue weighted by molar-refractivity contribution is -0.142. The molecule has 2 heterocycles. The van der Waals surface area contributed by atoms with Gasteiger partial charge >= 0.3 is 6.18 Å². The third kappa shape index (κ3) is 2.45. The predicted octanol–water partition coefficient (Wildman–Crippen LogP) is 2.05. The number of rotatable bonds is 2. The number of aromatic nitrogens is 3. The van der Waals surface area contributed by atoms with Crippen molar-refractivity contribution in [3.8, 4) is 11.4 Å². The third-order valence-electron chi connectivity index (χ3n) is 2.22. The summed E-state index contributed by atoms with van der Waals surface area (Å²) >= 11 is 0. The lowest BCUT2D eigenvalue weighted by Gasteiger charge is -2.11. The van der Waals surface area contributed by atoms with Gasteiger partial charge in [-0.25, -0.2) is 9.97 Å². The standard InChI is InChI=1S/C11H8F3N3O/c12-11(13,14)9-8(6-18)5-16-10(17-9)7-2-1-3-15-4-7/h1-5,18H,6H2. The smallest absolute Gasteiger partial charge is 0.392 e. The van der Waals surface area contributed by atoms with Gasteiger partial charge in [0, 0.05) is 29.7 Å². The summed E-state index contributed by atoms with van der Waals surface area (Å²) in [6.45, 7) is -0.762. The lowest BCUT2D eigenvalue weighted by Crippen LogP contribution is -2.13. The van der Waals surface area contributed by atoms with Crippen molar-refractivity contribution < 1.29 is 18.3 Å². The van der Waals surface area contributed by atoms with Gasteiger partial charge in [-0.2, -0.15) is 13.2 Å². The molecule has 2 aromatic heterocycles. The van der Waals surface area contributed by atoms with Crippen molar-refractivity contribution in [1.29, 1.82) is 0 Å². The largest absolute Gasteiger partial charge is 0.433 e. The maximum absolute atomic E-state index is 12.7. The fraction of sp³-hybridized carbons (Fsp3) is 0.182. The zero-order chi connectivity index (χ0) is 13.2. The second-order valence-corrected chi connectivity index (χ2v) is 3.47. The Kier molecular flexibility index (Phi) is 3.24. The van der Waals surface area contributed by atoms with E-state index in [4.69, 9.17) is 5.11 Å². The van der Waals surface area contributed by atoms with Crippen molar-refractivity contribution in [3.05, 3.63) is 42.0 Å². The molecule has 0 atom stereocenters. The molecule has 7 heteroatoms. The molecule has 18 heavy (non-hydrogen) atoms. The lowest BCUT2D eigenvalue weighted by atomic mass is 10.2. The fourth-order valence-electron chi connectivity index (χ4n) is 1.40. The highest BCUT2D eigenvalue weighted by atomic mass is 19.4. The monoisotopic (exact) mass is 255 g/mol. The van der Waals surface area contributed by atoms with Crippen molar-refractivity contribution in [3.63, 3.8) is 0 Å². The molecule has 0 spiro atoms. The fourth-order valence-corrected chi connectivity index (χ4v) is 1.40. The van der Waals surface area contributed by atoms with E-state index in [0.717, 1.165) is 6.20 Å². The van der Waals surface area contributed by atoms with Crippen molar-refractivity contribution >= 4 is 0 Å². The first-order valence-electron chi connectivity index (χ1n) is 4.96. The van der Waals surface area contributed by atoms with Crippen LogP contribution >= 0.6 is 0 Å². The second-order valence-electron chi connectivity index (χ2n) is 3.47. The van der Waals surface area contributed by atoms with Gasteiger partial charge in [0.1, 0.15) is 0 Å². The van der Waals surface area contributed by atoms with E-state index in [0.29, 0.717) is 5.56 Å². The van der Waals surface area contributed by atoms with Crippen LogP contribution in [0.3, 0.4) is 0 Å². The minimum absolute atomic E-state index is 0.0763. The van der Waals surface area contributed by atoms with Crippen molar-refractivity contribution in [2.75, 3.05) is 0 Å². The minimum Gasteiger partial charge on any atom is -0.392 e. The Bertz CT molecular complexity index is 543. The summed E-state index contributed by atoms with van der Waals surface area (Å²) in [6.07, 6.45) is -0.791. The summed E-state index contributed by atoms with van der Waals surface area (Å²) in [6, 6.07) is 3.13. The molecular weight excluding hydrogens is 247 g/mol. The minimum atomic E-state index is -4.63. The van der Waals surface area contributed by atoms with Crippen molar-refractivity contribution in [2.24, 2.45) is 0 Å². The molecule has 0 saturated heterocycles. The van der Waals surface area contributed by atoms with E-state index in [2.05, 4.69) is 15.0 Å². The quantitative estimate of drug-likeness (QED) is 0.892. The van der Waals surface area contributed by atoms with Crippen LogP contribution in [0.5, 0.6) is 0 Å². The third-order valence-corrected chi connectivity index (χ3v) is 2.22. The number of hydrogen-bond acceptors (Lipinski definition) is 4. The molecule has 0 aromatic carbocycles. The maximum atomic E-state index is 12.7. The van der Waals surface area contributed by atoms with Gasteiger partial charge < -0.3 is 5.11 Å². The van der Waals surface area contributed by atoms with Crippen LogP contribution in [-0.2, 0) is 12.8 Å². The zero-order valence-electron chi connectivity index (χ0n) is 9.02. The van der Waals surface area contributed by atoms with Crippen LogP contribution in [0.1, 0.15) is 11.3 Å². The van der Waals surface area contributed by atoms with Crippen LogP contribution in [0.15, 0.2) is 30.7 Å². The Morgan fingerprint density at radius 3 is 2.56 bits per heavy atom. The Morgan fingerprint density at radius 2 is 2.00 bits per heavy atom. The summed E-state index contributed by atoms with van der Waals surface area (Å²) in [4.78, 5) is 11.0. The number of hydrogen-bond donors (Lipinski definition) is 1. The van der Waals surface area contributed by atoms with E-state index in [1.807, 2.05) is 0 Å². The van der Waals surface area contributed by atoms with E-state index in [9.17, 15) is 13.2 Å². The molecule has 1 N–H and O–H groups in total. The first-order chi connectivity index (χ1) is 8.52. The highest BCUT2D eigenvalue weighted by Crippen LogP contribution is 2.31. The molecule has 0 aliphatic heterocycles. The van der Waals surface area contributed by atoms with Crippen LogP contribution < -0.4 is 0 Å². The van der Waals surface area contributed by atoms with E-state index in [-0.39, 0.29) is 11.4 Å². The van der Waals surface area contributed by atoms with Crippen LogP contribution in [0.2, 0.25) is 0 Å². The number of aliphatic hydroxyl groups excluding tert-OH is 1. The first-order valence-corrected chi connectivity index (χ1v) is 4.96. The van der Waals surface area contributed by atoms with Crippen LogP contribution in [0, 0.1) is 0 Å². The van der Waals surface area contributed by atoms with E-state index >= 15 is 0 Å². The Labute approximate surface area is 100 Å². The summed E-state index contributed by atoms with van der Waals surface area (Å²) < 4.78 is 38.1. The number of pyridine rings is 1. The summed E-state index contributed by atoms with van der Waals surface area (Å²) in [5, 5.41) is 8.85. The highest BCUT2D eigenvalue weighted by molar-refractivity contribution is 5.53. The van der Waals surface area contributed by atoms with Gasteiger partial charge in [0.05, 0.1) is 6.61 Å². The average molecular weight is 255 g/mol. The van der Waals surface area contributed by atoms with Gasteiger partial charge in [-0.1, -0.05) is 0 Å². The molecule has 0 bridgehead atoms. The molecule has 2 aromatic rings. The van der Waals surface area contributed by atoms with Crippen molar-refractivity contribution in [2.45, 2.75) is 12.8 Å². The molecular formula is C11H8F3N3O. The predicted molar refractivity (Wildman–Crippen MR) is 56.2 cm³/mol. The Balaban J connectivity index is 2.53. The van der Waals surface area contributed by atoms with E-state index in [1.165, 1.54) is 12.4 Å². The van der Waals surface area contributed by atoms with Gasteiger partial charge in [0.2, 0.25) is 0 Å². The summed E-state index contributed by atoms with van der Waals surface area (Å²) in [5.41, 5.74) is -1.10. The molecule has 0 unspecified atom stereocenters. The number of aliphatic hydroxyl groups is 1. The second kappa shape index (κ2) is 4.69. The molecule has 94 valence electrons. The summed E-state index contributed by atoms with van der Waals surface area (Å²) in [5.74, 6) is -0.0763. The molecule has 2 rings (SSSR count). The average Bonchev–Trinajstić information content (AvgIpc) is 2.38. The molecule has 4 nitrogen and oxygen atoms in total. The molecule has 0 aliphatic carbocycles. The molecule has 0 amide bonds. The van der Waals surface area contributed by atoms with Gasteiger partial charge in [-0.05, 0) is 12.1 Å². The first kappa shape index (κ1) is 12.4. The van der Waals surface area contributed by atoms with Crippen LogP contribution in [-0.4, -0.2) is 20.1 Å². The maximum Gasteiger partial charge on any atom is 0.433 e. The molecule has 0 radical (unpaired) electrons. The van der Waals surface area contributed by atoms with Gasteiger partial charge in [0.15, 0.2) is 11.5 Å². The molecule has 0 saturated carbocycles. The number of halogens is 3. The molecule has 0 aliphatic rings. The highest BCUT2D eigenvalue weighted by Gasteiger charge is 2.35. The topological polar surface area (TPSA) is 58.9 Å². The van der Waals surface area contributed by atoms with Gasteiger partial charge in [0.25, 0.3) is 0 Å². The zero-order valence-corrected chi connectivity index (χ0v) is 9.02. The van der Waals surface area contributed by atoms with Gasteiger partial charge in [-0.3, -0.25) is 4.98 Å². The van der Waals surface area contributed by atoms with Crippen LogP contribution in [0.25, 0.3) is 11.4 Å². The summed E-state index contributed by atoms with van der Waals surface area (Å²) in [7, 11) is 0. The number of nitrogens with zero attached hydrogens (tertiary/aromatic N) is 3. The number of alkyl halides is 3. The molecule has 0 fully saturated rings. The van der Waals surface area contributed by atoms with E-state index < -0.39 is 18.5 Å².